The molecule has 1 unspecified atom stereocenters. The molecule has 0 saturated heterocycles. The van der Waals surface area contributed by atoms with Crippen molar-refractivity contribution >= 4 is 5.91 Å². The van der Waals surface area contributed by atoms with Crippen LogP contribution in [0.2, 0.25) is 0 Å². The number of ether oxygens (including phenoxy) is 1. The minimum absolute atomic E-state index is 0.0871. The fourth-order valence-corrected chi connectivity index (χ4v) is 2.13. The summed E-state index contributed by atoms with van der Waals surface area (Å²) in [4.78, 5) is 13.2. The van der Waals surface area contributed by atoms with Crippen LogP contribution in [0, 0.1) is 6.92 Å². The Kier molecular flexibility index (Phi) is 6.02. The first-order valence-electron chi connectivity index (χ1n) is 7.11. The van der Waals surface area contributed by atoms with Gasteiger partial charge in [0.05, 0.1) is 14.2 Å². The molecular formula is C16H27N2O2+. The number of amides is 1. The van der Waals surface area contributed by atoms with E-state index in [0.29, 0.717) is 0 Å². The van der Waals surface area contributed by atoms with E-state index in [-0.39, 0.29) is 18.0 Å². The first-order chi connectivity index (χ1) is 9.35. The van der Waals surface area contributed by atoms with Crippen molar-refractivity contribution in [2.75, 3.05) is 14.2 Å². The summed E-state index contributed by atoms with van der Waals surface area (Å²) in [6.45, 7) is 8.73. The molecule has 0 fully saturated rings. The molecule has 0 aromatic heterocycles. The van der Waals surface area contributed by atoms with Crippen LogP contribution in [0.5, 0.6) is 5.75 Å². The highest BCUT2D eigenvalue weighted by Gasteiger charge is 2.23. The van der Waals surface area contributed by atoms with E-state index in [4.69, 9.17) is 4.74 Å². The van der Waals surface area contributed by atoms with Crippen molar-refractivity contribution < 1.29 is 14.4 Å². The summed E-state index contributed by atoms with van der Waals surface area (Å²) in [6.07, 6.45) is 0. The normalized spacial score (nSPS) is 13.9. The second kappa shape index (κ2) is 7.29. The van der Waals surface area contributed by atoms with Crippen molar-refractivity contribution in [2.24, 2.45) is 0 Å². The van der Waals surface area contributed by atoms with Gasteiger partial charge in [0.15, 0.2) is 6.04 Å². The van der Waals surface area contributed by atoms with Crippen molar-refractivity contribution in [3.63, 3.8) is 0 Å². The van der Waals surface area contributed by atoms with Gasteiger partial charge in [0.1, 0.15) is 12.3 Å². The van der Waals surface area contributed by atoms with Crippen LogP contribution in [-0.2, 0) is 11.3 Å². The molecule has 20 heavy (non-hydrogen) atoms. The number of methoxy groups -OCH3 is 1. The van der Waals surface area contributed by atoms with E-state index in [9.17, 15) is 4.79 Å². The number of carbonyl (C=O) groups excluding carboxylic acids is 1. The monoisotopic (exact) mass is 279 g/mol. The van der Waals surface area contributed by atoms with Crippen LogP contribution in [-0.4, -0.2) is 32.1 Å². The second-order valence-electron chi connectivity index (χ2n) is 5.72. The zero-order valence-corrected chi connectivity index (χ0v) is 13.4. The molecule has 4 heteroatoms. The van der Waals surface area contributed by atoms with Crippen molar-refractivity contribution in [1.29, 1.82) is 0 Å². The molecule has 0 heterocycles. The van der Waals surface area contributed by atoms with Crippen molar-refractivity contribution in [3.05, 3.63) is 29.3 Å². The summed E-state index contributed by atoms with van der Waals surface area (Å²) in [5, 5.41) is 2.96. The van der Waals surface area contributed by atoms with Crippen LogP contribution < -0.4 is 15.0 Å². The molecule has 112 valence electrons. The number of hydrogen-bond acceptors (Lipinski definition) is 2. The maximum atomic E-state index is 12.0. The maximum Gasteiger partial charge on any atom is 0.278 e. The Morgan fingerprint density at radius 2 is 2.00 bits per heavy atom. The highest BCUT2D eigenvalue weighted by molar-refractivity contribution is 5.80. The predicted octanol–water partition coefficient (Wildman–Crippen LogP) is 0.931. The summed E-state index contributed by atoms with van der Waals surface area (Å²) in [5.74, 6) is 0.968. The van der Waals surface area contributed by atoms with Gasteiger partial charge in [0, 0.05) is 11.6 Å². The van der Waals surface area contributed by atoms with Gasteiger partial charge in [-0.3, -0.25) is 4.79 Å². The molecule has 0 radical (unpaired) electrons. The first kappa shape index (κ1) is 16.5. The summed E-state index contributed by atoms with van der Waals surface area (Å²) in [7, 11) is 3.71. The molecule has 4 nitrogen and oxygen atoms in total. The van der Waals surface area contributed by atoms with E-state index < -0.39 is 0 Å². The molecule has 0 aliphatic carbocycles. The van der Waals surface area contributed by atoms with Crippen LogP contribution in [0.25, 0.3) is 0 Å². The predicted molar refractivity (Wildman–Crippen MR) is 81.1 cm³/mol. The molecule has 0 bridgehead atoms. The van der Waals surface area contributed by atoms with E-state index in [2.05, 4.69) is 18.3 Å². The zero-order chi connectivity index (χ0) is 15.3. The van der Waals surface area contributed by atoms with Crippen LogP contribution in [0.4, 0.5) is 0 Å². The topological polar surface area (TPSA) is 42.8 Å². The third-order valence-electron chi connectivity index (χ3n) is 3.47. The number of likely N-dealkylation sites (N-methyl/N-ethyl adjacent to an activating group) is 1. The number of nitrogens with one attached hydrogen (secondary N) is 2. The third-order valence-corrected chi connectivity index (χ3v) is 3.47. The number of rotatable bonds is 6. The lowest BCUT2D eigenvalue weighted by atomic mass is 10.1. The number of carbonyl (C=O) groups is 1. The fraction of sp³-hybridized carbons (Fsp3) is 0.562. The SMILES string of the molecule is COc1ccc(C)cc1C[NH+](C)[C@H](C)C(=O)NC(C)C. The highest BCUT2D eigenvalue weighted by Crippen LogP contribution is 2.18. The van der Waals surface area contributed by atoms with Crippen molar-refractivity contribution in [3.8, 4) is 5.75 Å². The van der Waals surface area contributed by atoms with Crippen LogP contribution in [0.15, 0.2) is 18.2 Å². The van der Waals surface area contributed by atoms with Gasteiger partial charge in [-0.2, -0.15) is 0 Å². The number of hydrogen-bond donors (Lipinski definition) is 2. The second-order valence-corrected chi connectivity index (χ2v) is 5.72. The highest BCUT2D eigenvalue weighted by atomic mass is 16.5. The number of aryl methyl sites for hydroxylation is 1. The largest absolute Gasteiger partial charge is 0.496 e. The van der Waals surface area contributed by atoms with Crippen molar-refractivity contribution in [1.82, 2.24) is 5.32 Å². The molecule has 2 atom stereocenters. The van der Waals surface area contributed by atoms with E-state index in [1.807, 2.05) is 40.0 Å². The van der Waals surface area contributed by atoms with Gasteiger partial charge in [0.25, 0.3) is 5.91 Å². The lowest BCUT2D eigenvalue weighted by Crippen LogP contribution is -3.12. The Balaban J connectivity index is 2.77. The molecule has 1 amide bonds. The average Bonchev–Trinajstić information content (AvgIpc) is 2.37. The molecular weight excluding hydrogens is 252 g/mol. The average molecular weight is 279 g/mol. The Morgan fingerprint density at radius 3 is 2.55 bits per heavy atom. The fourth-order valence-electron chi connectivity index (χ4n) is 2.13. The molecule has 1 aromatic rings. The van der Waals surface area contributed by atoms with Gasteiger partial charge in [-0.05, 0) is 39.8 Å². The number of benzene rings is 1. The van der Waals surface area contributed by atoms with Gasteiger partial charge in [-0.25, -0.2) is 0 Å². The van der Waals surface area contributed by atoms with Gasteiger partial charge in [-0.1, -0.05) is 11.6 Å². The van der Waals surface area contributed by atoms with E-state index in [1.54, 1.807) is 7.11 Å². The lowest BCUT2D eigenvalue weighted by molar-refractivity contribution is -0.908. The van der Waals surface area contributed by atoms with Gasteiger partial charge in [0.2, 0.25) is 0 Å². The van der Waals surface area contributed by atoms with E-state index >= 15 is 0 Å². The molecule has 0 aliphatic heterocycles. The standard InChI is InChI=1S/C16H26N2O2/c1-11(2)17-16(19)13(4)18(5)10-14-9-12(3)7-8-15(14)20-6/h7-9,11,13H,10H2,1-6H3,(H,17,19)/p+1/t13-/m1/s1. The molecule has 0 spiro atoms. The first-order valence-corrected chi connectivity index (χ1v) is 7.11. The Hall–Kier alpha value is -1.55. The Labute approximate surface area is 122 Å². The van der Waals surface area contributed by atoms with Crippen LogP contribution in [0.1, 0.15) is 31.9 Å². The Morgan fingerprint density at radius 1 is 1.35 bits per heavy atom. The third kappa shape index (κ3) is 4.53. The molecule has 0 saturated carbocycles. The molecule has 2 N–H and O–H groups in total. The summed E-state index contributed by atoms with van der Waals surface area (Å²) in [6, 6.07) is 6.22. The van der Waals surface area contributed by atoms with Gasteiger partial charge < -0.3 is 15.0 Å². The maximum absolute atomic E-state index is 12.0. The molecule has 1 aromatic carbocycles. The summed E-state index contributed by atoms with van der Waals surface area (Å²) >= 11 is 0. The van der Waals surface area contributed by atoms with Gasteiger partial charge >= 0.3 is 0 Å². The molecule has 0 aliphatic rings. The van der Waals surface area contributed by atoms with Crippen molar-refractivity contribution in [2.45, 2.75) is 46.3 Å². The van der Waals surface area contributed by atoms with Crippen LogP contribution in [0.3, 0.4) is 0 Å². The quantitative estimate of drug-likeness (QED) is 0.813. The summed E-state index contributed by atoms with van der Waals surface area (Å²) in [5.41, 5.74) is 2.34. The minimum Gasteiger partial charge on any atom is -0.496 e. The van der Waals surface area contributed by atoms with Crippen LogP contribution >= 0.6 is 0 Å². The lowest BCUT2D eigenvalue weighted by Gasteiger charge is -2.23. The van der Waals surface area contributed by atoms with E-state index in [0.717, 1.165) is 22.8 Å². The smallest absolute Gasteiger partial charge is 0.278 e. The Bertz CT molecular complexity index is 458. The molecule has 1 rings (SSSR count). The van der Waals surface area contributed by atoms with E-state index in [1.165, 1.54) is 5.56 Å². The minimum atomic E-state index is -0.0948. The van der Waals surface area contributed by atoms with Gasteiger partial charge in [-0.15, -0.1) is 0 Å². The number of quaternary nitrogens is 1. The zero-order valence-electron chi connectivity index (χ0n) is 13.4. The summed E-state index contributed by atoms with van der Waals surface area (Å²) < 4.78 is 5.39.